The average molecular weight is 310 g/mol. The molecule has 2 aromatic rings. The fourth-order valence-corrected chi connectivity index (χ4v) is 2.18. The standard InChI is InChI=1S/C19H22N2O2/c1-4-10-23-17-7-5-6-16(12-17)20-13-19(22)21-18-9-8-14(2)11-15(18)3/h4-9,11-12,20H,1,10,13H2,2-3H3,(H,21,22). The molecule has 23 heavy (non-hydrogen) atoms. The molecular formula is C19H22N2O2. The van der Waals surface area contributed by atoms with E-state index < -0.39 is 0 Å². The molecule has 2 aromatic carbocycles. The molecule has 2 N–H and O–H groups in total. The minimum atomic E-state index is -0.0885. The SMILES string of the molecule is C=CCOc1cccc(NCC(=O)Nc2ccc(C)cc2C)c1. The number of ether oxygens (including phenoxy) is 1. The van der Waals surface area contributed by atoms with E-state index in [1.165, 1.54) is 5.56 Å². The molecule has 1 amide bonds. The van der Waals surface area contributed by atoms with Gasteiger partial charge >= 0.3 is 0 Å². The van der Waals surface area contributed by atoms with Gasteiger partial charge in [-0.05, 0) is 37.6 Å². The number of rotatable bonds is 7. The van der Waals surface area contributed by atoms with Gasteiger partial charge in [0.25, 0.3) is 0 Å². The summed E-state index contributed by atoms with van der Waals surface area (Å²) in [6.07, 6.45) is 1.69. The van der Waals surface area contributed by atoms with Crippen molar-refractivity contribution < 1.29 is 9.53 Å². The summed E-state index contributed by atoms with van der Waals surface area (Å²) in [4.78, 5) is 12.1. The predicted molar refractivity (Wildman–Crippen MR) is 95.2 cm³/mol. The van der Waals surface area contributed by atoms with E-state index in [1.54, 1.807) is 6.08 Å². The predicted octanol–water partition coefficient (Wildman–Crippen LogP) is 3.92. The summed E-state index contributed by atoms with van der Waals surface area (Å²) in [5, 5.41) is 6.01. The molecule has 0 saturated heterocycles. The molecule has 0 aliphatic carbocycles. The van der Waals surface area contributed by atoms with Crippen LogP contribution in [-0.2, 0) is 4.79 Å². The van der Waals surface area contributed by atoms with Crippen molar-refractivity contribution >= 4 is 17.3 Å². The van der Waals surface area contributed by atoms with E-state index in [0.29, 0.717) is 6.61 Å². The lowest BCUT2D eigenvalue weighted by atomic mass is 10.1. The number of carbonyl (C=O) groups is 1. The van der Waals surface area contributed by atoms with E-state index in [9.17, 15) is 4.79 Å². The maximum atomic E-state index is 12.1. The minimum absolute atomic E-state index is 0.0885. The van der Waals surface area contributed by atoms with Crippen molar-refractivity contribution in [3.8, 4) is 5.75 Å². The van der Waals surface area contributed by atoms with Crippen molar-refractivity contribution in [2.75, 3.05) is 23.8 Å². The highest BCUT2D eigenvalue weighted by atomic mass is 16.5. The average Bonchev–Trinajstić information content (AvgIpc) is 2.54. The van der Waals surface area contributed by atoms with Crippen molar-refractivity contribution in [1.82, 2.24) is 0 Å². The van der Waals surface area contributed by atoms with Crippen LogP contribution in [0.1, 0.15) is 11.1 Å². The topological polar surface area (TPSA) is 50.4 Å². The number of benzene rings is 2. The molecule has 0 saturated carbocycles. The minimum Gasteiger partial charge on any atom is -0.489 e. The van der Waals surface area contributed by atoms with E-state index in [-0.39, 0.29) is 12.5 Å². The molecule has 4 nitrogen and oxygen atoms in total. The molecule has 0 aromatic heterocycles. The Balaban J connectivity index is 1.90. The Kier molecular flexibility index (Phi) is 5.80. The number of hydrogen-bond acceptors (Lipinski definition) is 3. The first kappa shape index (κ1) is 16.6. The highest BCUT2D eigenvalue weighted by molar-refractivity contribution is 5.94. The molecule has 2 rings (SSSR count). The van der Waals surface area contributed by atoms with Crippen LogP contribution >= 0.6 is 0 Å². The Hall–Kier alpha value is -2.75. The molecule has 0 aliphatic heterocycles. The van der Waals surface area contributed by atoms with Crippen LogP contribution in [0.4, 0.5) is 11.4 Å². The van der Waals surface area contributed by atoms with Crippen molar-refractivity contribution in [3.05, 3.63) is 66.2 Å². The van der Waals surface area contributed by atoms with Crippen molar-refractivity contribution in [3.63, 3.8) is 0 Å². The highest BCUT2D eigenvalue weighted by Crippen LogP contribution is 2.18. The summed E-state index contributed by atoms with van der Waals surface area (Å²) in [6.45, 7) is 8.28. The zero-order valence-electron chi connectivity index (χ0n) is 13.6. The van der Waals surface area contributed by atoms with E-state index in [0.717, 1.165) is 22.7 Å². The third kappa shape index (κ3) is 5.18. The molecule has 0 fully saturated rings. The Morgan fingerprint density at radius 1 is 1.22 bits per heavy atom. The Morgan fingerprint density at radius 2 is 2.04 bits per heavy atom. The molecule has 0 atom stereocenters. The van der Waals surface area contributed by atoms with E-state index >= 15 is 0 Å². The molecule has 0 radical (unpaired) electrons. The number of anilines is 2. The van der Waals surface area contributed by atoms with Crippen LogP contribution in [0.25, 0.3) is 0 Å². The maximum Gasteiger partial charge on any atom is 0.243 e. The second-order valence-corrected chi connectivity index (χ2v) is 5.35. The maximum absolute atomic E-state index is 12.1. The quantitative estimate of drug-likeness (QED) is 0.762. The second kappa shape index (κ2) is 8.03. The van der Waals surface area contributed by atoms with Gasteiger partial charge in [-0.1, -0.05) is 36.4 Å². The van der Waals surface area contributed by atoms with Crippen molar-refractivity contribution in [1.29, 1.82) is 0 Å². The van der Waals surface area contributed by atoms with Gasteiger partial charge in [-0.15, -0.1) is 0 Å². The van der Waals surface area contributed by atoms with Gasteiger partial charge in [-0.2, -0.15) is 0 Å². The lowest BCUT2D eigenvalue weighted by Crippen LogP contribution is -2.22. The van der Waals surface area contributed by atoms with Crippen molar-refractivity contribution in [2.24, 2.45) is 0 Å². The van der Waals surface area contributed by atoms with Crippen LogP contribution in [-0.4, -0.2) is 19.1 Å². The fraction of sp³-hybridized carbons (Fsp3) is 0.211. The van der Waals surface area contributed by atoms with Gasteiger partial charge in [0.05, 0.1) is 6.54 Å². The smallest absolute Gasteiger partial charge is 0.243 e. The van der Waals surface area contributed by atoms with Crippen LogP contribution in [0.3, 0.4) is 0 Å². The largest absolute Gasteiger partial charge is 0.489 e. The van der Waals surface area contributed by atoms with Crippen LogP contribution in [0.2, 0.25) is 0 Å². The van der Waals surface area contributed by atoms with Crippen molar-refractivity contribution in [2.45, 2.75) is 13.8 Å². The summed E-state index contributed by atoms with van der Waals surface area (Å²) in [5.74, 6) is 0.652. The van der Waals surface area contributed by atoms with Gasteiger partial charge in [0.1, 0.15) is 12.4 Å². The number of nitrogens with one attached hydrogen (secondary N) is 2. The van der Waals surface area contributed by atoms with Gasteiger partial charge in [0.2, 0.25) is 5.91 Å². The monoisotopic (exact) mass is 310 g/mol. The lowest BCUT2D eigenvalue weighted by Gasteiger charge is -2.11. The molecule has 120 valence electrons. The first-order valence-corrected chi connectivity index (χ1v) is 7.53. The molecular weight excluding hydrogens is 288 g/mol. The zero-order chi connectivity index (χ0) is 16.7. The number of amides is 1. The molecule has 0 aliphatic rings. The van der Waals surface area contributed by atoms with Gasteiger partial charge in [0, 0.05) is 17.4 Å². The zero-order valence-corrected chi connectivity index (χ0v) is 13.6. The van der Waals surface area contributed by atoms with E-state index in [2.05, 4.69) is 17.2 Å². The summed E-state index contributed by atoms with van der Waals surface area (Å²) < 4.78 is 5.47. The van der Waals surface area contributed by atoms with Crippen LogP contribution in [0.15, 0.2) is 55.1 Å². The lowest BCUT2D eigenvalue weighted by molar-refractivity contribution is -0.114. The first-order chi connectivity index (χ1) is 11.1. The summed E-state index contributed by atoms with van der Waals surface area (Å²) in [6, 6.07) is 13.4. The second-order valence-electron chi connectivity index (χ2n) is 5.35. The molecule has 0 heterocycles. The third-order valence-electron chi connectivity index (χ3n) is 3.31. The van der Waals surface area contributed by atoms with Gasteiger partial charge in [-0.25, -0.2) is 0 Å². The number of hydrogen-bond donors (Lipinski definition) is 2. The van der Waals surface area contributed by atoms with Gasteiger partial charge < -0.3 is 15.4 Å². The van der Waals surface area contributed by atoms with Gasteiger partial charge in [-0.3, -0.25) is 4.79 Å². The van der Waals surface area contributed by atoms with E-state index in [4.69, 9.17) is 4.74 Å². The van der Waals surface area contributed by atoms with Gasteiger partial charge in [0.15, 0.2) is 0 Å². The van der Waals surface area contributed by atoms with Crippen LogP contribution < -0.4 is 15.4 Å². The van der Waals surface area contributed by atoms with E-state index in [1.807, 2.05) is 56.3 Å². The molecule has 0 unspecified atom stereocenters. The fourth-order valence-electron chi connectivity index (χ4n) is 2.18. The highest BCUT2D eigenvalue weighted by Gasteiger charge is 2.05. The number of aryl methyl sites for hydroxylation is 2. The van der Waals surface area contributed by atoms with Crippen LogP contribution in [0, 0.1) is 13.8 Å². The summed E-state index contributed by atoms with van der Waals surface area (Å²) in [5.41, 5.74) is 3.90. The first-order valence-electron chi connectivity index (χ1n) is 7.53. The van der Waals surface area contributed by atoms with Crippen LogP contribution in [0.5, 0.6) is 5.75 Å². The summed E-state index contributed by atoms with van der Waals surface area (Å²) >= 11 is 0. The normalized spacial score (nSPS) is 10.0. The molecule has 4 heteroatoms. The Labute approximate surface area is 137 Å². The summed E-state index contributed by atoms with van der Waals surface area (Å²) in [7, 11) is 0. The molecule has 0 bridgehead atoms. The number of carbonyl (C=O) groups excluding carboxylic acids is 1. The Morgan fingerprint density at radius 3 is 2.78 bits per heavy atom. The third-order valence-corrected chi connectivity index (χ3v) is 3.31. The Bertz CT molecular complexity index is 696. The molecule has 0 spiro atoms.